The smallest absolute Gasteiger partial charge is 0.336 e. The van der Waals surface area contributed by atoms with E-state index in [0.29, 0.717) is 16.0 Å². The molecule has 1 amide bonds. The lowest BCUT2D eigenvalue weighted by atomic mass is 10.3. The molecule has 0 saturated heterocycles. The van der Waals surface area contributed by atoms with Crippen molar-refractivity contribution < 1.29 is 13.9 Å². The maximum absolute atomic E-state index is 13.4. The molecule has 4 rings (SSSR count). The number of benzene rings is 2. The van der Waals surface area contributed by atoms with E-state index in [1.165, 1.54) is 41.2 Å². The van der Waals surface area contributed by atoms with Gasteiger partial charge in [0.25, 0.3) is 5.56 Å². The monoisotopic (exact) mass is 425 g/mol. The van der Waals surface area contributed by atoms with Gasteiger partial charge in [0.15, 0.2) is 0 Å². The fraction of sp³-hybridized carbons (Fsp3) is 0.0952. The third-order valence-electron chi connectivity index (χ3n) is 4.49. The Labute approximate surface area is 173 Å². The highest BCUT2D eigenvalue weighted by Gasteiger charge is 2.19. The number of fused-ring (bicyclic) bond motifs is 1. The Kier molecular flexibility index (Phi) is 5.20. The first-order chi connectivity index (χ1) is 14.5. The standard InChI is InChI=1S/C21H16FN3O4S/c1-29-17-8-3-2-7-15(17)25-20(27)19-16(9-10-30-19)24(21(25)28)12-18(26)23-14-6-4-5-13(22)11-14/h2-11H,12H2,1H3,(H,23,26). The summed E-state index contributed by atoms with van der Waals surface area (Å²) in [5, 5.41) is 4.24. The average Bonchev–Trinajstić information content (AvgIpc) is 3.22. The van der Waals surface area contributed by atoms with Crippen LogP contribution in [-0.4, -0.2) is 22.2 Å². The number of carbonyl (C=O) groups excluding carboxylic acids is 1. The summed E-state index contributed by atoms with van der Waals surface area (Å²) in [6, 6.07) is 13.7. The van der Waals surface area contributed by atoms with Gasteiger partial charge in [-0.3, -0.25) is 14.2 Å². The Hall–Kier alpha value is -3.72. The van der Waals surface area contributed by atoms with Gasteiger partial charge in [-0.2, -0.15) is 0 Å². The van der Waals surface area contributed by atoms with Crippen LogP contribution in [0.4, 0.5) is 10.1 Å². The molecule has 4 aromatic rings. The van der Waals surface area contributed by atoms with E-state index in [0.717, 1.165) is 4.57 Å². The Bertz CT molecular complexity index is 1370. The first-order valence-corrected chi connectivity index (χ1v) is 9.79. The summed E-state index contributed by atoms with van der Waals surface area (Å²) in [5.41, 5.74) is -0.256. The third kappa shape index (κ3) is 3.50. The molecule has 2 aromatic heterocycles. The summed E-state index contributed by atoms with van der Waals surface area (Å²) < 4.78 is 21.2. The number of thiophene rings is 1. The van der Waals surface area contributed by atoms with Crippen molar-refractivity contribution in [2.45, 2.75) is 6.54 Å². The van der Waals surface area contributed by atoms with Crippen LogP contribution in [0, 0.1) is 5.82 Å². The number of amides is 1. The summed E-state index contributed by atoms with van der Waals surface area (Å²) in [4.78, 5) is 38.8. The van der Waals surface area contributed by atoms with Crippen LogP contribution in [0.3, 0.4) is 0 Å². The molecule has 0 unspecified atom stereocenters. The van der Waals surface area contributed by atoms with Crippen LogP contribution < -0.4 is 21.3 Å². The Morgan fingerprint density at radius 1 is 1.13 bits per heavy atom. The molecule has 0 aliphatic rings. The van der Waals surface area contributed by atoms with Crippen molar-refractivity contribution in [3.8, 4) is 11.4 Å². The molecule has 30 heavy (non-hydrogen) atoms. The minimum absolute atomic E-state index is 0.271. The van der Waals surface area contributed by atoms with E-state index >= 15 is 0 Å². The summed E-state index contributed by atoms with van der Waals surface area (Å²) in [7, 11) is 1.44. The summed E-state index contributed by atoms with van der Waals surface area (Å²) in [6.07, 6.45) is 0. The van der Waals surface area contributed by atoms with Crippen molar-refractivity contribution in [2.24, 2.45) is 0 Å². The van der Waals surface area contributed by atoms with Crippen molar-refractivity contribution in [3.05, 3.63) is 86.6 Å². The molecule has 9 heteroatoms. The molecule has 1 N–H and O–H groups in total. The number of hydrogen-bond donors (Lipinski definition) is 1. The first-order valence-electron chi connectivity index (χ1n) is 8.91. The van der Waals surface area contributed by atoms with Gasteiger partial charge in [-0.05, 0) is 41.8 Å². The highest BCUT2D eigenvalue weighted by molar-refractivity contribution is 7.17. The van der Waals surface area contributed by atoms with Crippen molar-refractivity contribution in [3.63, 3.8) is 0 Å². The zero-order valence-electron chi connectivity index (χ0n) is 15.8. The Balaban J connectivity index is 1.82. The molecule has 2 heterocycles. The molecule has 0 aliphatic heterocycles. The predicted octanol–water partition coefficient (Wildman–Crippen LogP) is 3.00. The number of rotatable bonds is 5. The SMILES string of the molecule is COc1ccccc1-n1c(=O)c2sccc2n(CC(=O)Nc2cccc(F)c2)c1=O. The lowest BCUT2D eigenvalue weighted by molar-refractivity contribution is -0.116. The van der Waals surface area contributed by atoms with Gasteiger partial charge in [-0.15, -0.1) is 11.3 Å². The van der Waals surface area contributed by atoms with Gasteiger partial charge in [0.1, 0.15) is 22.8 Å². The van der Waals surface area contributed by atoms with Crippen LogP contribution in [0.15, 0.2) is 69.6 Å². The molecule has 0 fully saturated rings. The topological polar surface area (TPSA) is 82.3 Å². The lowest BCUT2D eigenvalue weighted by Gasteiger charge is -2.14. The molecule has 0 aliphatic carbocycles. The van der Waals surface area contributed by atoms with Crippen LogP contribution in [0.1, 0.15) is 0 Å². The van der Waals surface area contributed by atoms with Crippen LogP contribution in [0.5, 0.6) is 5.75 Å². The van der Waals surface area contributed by atoms with Crippen molar-refractivity contribution in [2.75, 3.05) is 12.4 Å². The molecular formula is C21H16FN3O4S. The maximum Gasteiger partial charge on any atom is 0.336 e. The minimum Gasteiger partial charge on any atom is -0.495 e. The van der Waals surface area contributed by atoms with Gasteiger partial charge in [0, 0.05) is 5.69 Å². The number of methoxy groups -OCH3 is 1. The molecular weight excluding hydrogens is 409 g/mol. The fourth-order valence-electron chi connectivity index (χ4n) is 3.18. The molecule has 0 saturated carbocycles. The largest absolute Gasteiger partial charge is 0.495 e. The number of nitrogens with zero attached hydrogens (tertiary/aromatic N) is 2. The van der Waals surface area contributed by atoms with Crippen LogP contribution in [0.25, 0.3) is 15.9 Å². The number of nitrogens with one attached hydrogen (secondary N) is 1. The maximum atomic E-state index is 13.4. The van der Waals surface area contributed by atoms with Gasteiger partial charge >= 0.3 is 5.69 Å². The molecule has 0 atom stereocenters. The average molecular weight is 425 g/mol. The quantitative estimate of drug-likeness (QED) is 0.533. The second kappa shape index (κ2) is 7.96. The van der Waals surface area contributed by atoms with E-state index < -0.39 is 23.0 Å². The van der Waals surface area contributed by atoms with E-state index in [2.05, 4.69) is 5.32 Å². The molecule has 0 bridgehead atoms. The van der Waals surface area contributed by atoms with Crippen molar-refractivity contribution >= 4 is 33.1 Å². The van der Waals surface area contributed by atoms with E-state index in [1.807, 2.05) is 0 Å². The number of carbonyl (C=O) groups is 1. The number of ether oxygens (including phenoxy) is 1. The number of halogens is 1. The second-order valence-electron chi connectivity index (χ2n) is 6.37. The van der Waals surface area contributed by atoms with Gasteiger partial charge in [0.05, 0.1) is 18.3 Å². The van der Waals surface area contributed by atoms with E-state index in [4.69, 9.17) is 4.74 Å². The zero-order valence-corrected chi connectivity index (χ0v) is 16.6. The van der Waals surface area contributed by atoms with E-state index in [-0.39, 0.29) is 17.9 Å². The summed E-state index contributed by atoms with van der Waals surface area (Å²) in [6.45, 7) is -0.349. The molecule has 7 nitrogen and oxygen atoms in total. The number of aromatic nitrogens is 2. The normalized spacial score (nSPS) is 10.9. The molecule has 2 aromatic carbocycles. The van der Waals surface area contributed by atoms with E-state index in [9.17, 15) is 18.8 Å². The van der Waals surface area contributed by atoms with Crippen LogP contribution >= 0.6 is 11.3 Å². The molecule has 0 spiro atoms. The highest BCUT2D eigenvalue weighted by Crippen LogP contribution is 2.22. The predicted molar refractivity (Wildman–Crippen MR) is 113 cm³/mol. The van der Waals surface area contributed by atoms with Gasteiger partial charge in [0.2, 0.25) is 5.91 Å². The zero-order chi connectivity index (χ0) is 21.3. The van der Waals surface area contributed by atoms with Crippen LogP contribution in [0.2, 0.25) is 0 Å². The Morgan fingerprint density at radius 3 is 2.70 bits per heavy atom. The van der Waals surface area contributed by atoms with Gasteiger partial charge in [-0.1, -0.05) is 18.2 Å². The highest BCUT2D eigenvalue weighted by atomic mass is 32.1. The fourth-order valence-corrected chi connectivity index (χ4v) is 4.00. The van der Waals surface area contributed by atoms with E-state index in [1.54, 1.807) is 41.8 Å². The van der Waals surface area contributed by atoms with Gasteiger partial charge < -0.3 is 10.1 Å². The number of hydrogen-bond acceptors (Lipinski definition) is 5. The second-order valence-corrected chi connectivity index (χ2v) is 7.29. The first kappa shape index (κ1) is 19.6. The summed E-state index contributed by atoms with van der Waals surface area (Å²) >= 11 is 1.18. The Morgan fingerprint density at radius 2 is 1.93 bits per heavy atom. The number of anilines is 1. The minimum atomic E-state index is -0.676. The lowest BCUT2D eigenvalue weighted by Crippen LogP contribution is -2.40. The number of para-hydroxylation sites is 2. The van der Waals surface area contributed by atoms with Crippen molar-refractivity contribution in [1.82, 2.24) is 9.13 Å². The molecule has 0 radical (unpaired) electrons. The summed E-state index contributed by atoms with van der Waals surface area (Å²) in [5.74, 6) is -0.668. The van der Waals surface area contributed by atoms with Crippen LogP contribution in [-0.2, 0) is 11.3 Å². The van der Waals surface area contributed by atoms with Gasteiger partial charge in [-0.25, -0.2) is 13.8 Å². The molecule has 152 valence electrons. The van der Waals surface area contributed by atoms with Crippen molar-refractivity contribution in [1.29, 1.82) is 0 Å². The third-order valence-corrected chi connectivity index (χ3v) is 5.38.